The molecular formula is C34H38N4O2. The van der Waals surface area contributed by atoms with Gasteiger partial charge in [0.05, 0.1) is 0 Å². The van der Waals surface area contributed by atoms with Crippen LogP contribution in [0.15, 0.2) is 91.1 Å². The molecule has 206 valence electrons. The van der Waals surface area contributed by atoms with Crippen molar-refractivity contribution < 1.29 is 9.59 Å². The second-order valence-electron chi connectivity index (χ2n) is 11.3. The molecule has 40 heavy (non-hydrogen) atoms. The molecule has 6 heteroatoms. The molecule has 1 aromatic heterocycles. The molecule has 1 spiro atoms. The maximum atomic E-state index is 14.1. The van der Waals surface area contributed by atoms with E-state index < -0.39 is 11.6 Å². The van der Waals surface area contributed by atoms with Gasteiger partial charge in [-0.25, -0.2) is 0 Å². The van der Waals surface area contributed by atoms with Crippen LogP contribution >= 0.6 is 0 Å². The quantitative estimate of drug-likeness (QED) is 0.326. The Kier molecular flexibility index (Phi) is 7.69. The average molecular weight is 535 g/mol. The number of amides is 2. The van der Waals surface area contributed by atoms with Crippen LogP contribution in [-0.2, 0) is 28.9 Å². The van der Waals surface area contributed by atoms with Gasteiger partial charge in [0.2, 0.25) is 11.8 Å². The minimum Gasteiger partial charge on any atom is -0.361 e. The molecule has 2 N–H and O–H groups in total. The van der Waals surface area contributed by atoms with Crippen molar-refractivity contribution in [3.63, 3.8) is 0 Å². The summed E-state index contributed by atoms with van der Waals surface area (Å²) in [5.74, 6) is 0.0484. The predicted octanol–water partition coefficient (Wildman–Crippen LogP) is 4.75. The summed E-state index contributed by atoms with van der Waals surface area (Å²) >= 11 is 0. The van der Waals surface area contributed by atoms with Gasteiger partial charge < -0.3 is 20.1 Å². The Labute approximate surface area is 236 Å². The third-order valence-corrected chi connectivity index (χ3v) is 8.84. The number of hydrogen-bond acceptors (Lipinski definition) is 3. The smallest absolute Gasteiger partial charge is 0.246 e. The highest BCUT2D eigenvalue weighted by Crippen LogP contribution is 2.34. The minimum absolute atomic E-state index is 0.00828. The first-order valence-electron chi connectivity index (χ1n) is 14.6. The van der Waals surface area contributed by atoms with Crippen LogP contribution in [0, 0.1) is 0 Å². The van der Waals surface area contributed by atoms with E-state index >= 15 is 0 Å². The van der Waals surface area contributed by atoms with E-state index in [2.05, 4.69) is 63.7 Å². The maximum absolute atomic E-state index is 14.1. The summed E-state index contributed by atoms with van der Waals surface area (Å²) in [6, 6.07) is 28.4. The third-order valence-electron chi connectivity index (χ3n) is 8.84. The van der Waals surface area contributed by atoms with Gasteiger partial charge in [-0.15, -0.1) is 0 Å². The van der Waals surface area contributed by atoms with E-state index in [4.69, 9.17) is 0 Å². The van der Waals surface area contributed by atoms with Crippen LogP contribution in [-0.4, -0.2) is 64.4 Å². The number of fused-ring (bicyclic) bond motifs is 1. The van der Waals surface area contributed by atoms with Crippen molar-refractivity contribution in [2.45, 2.75) is 50.1 Å². The number of piperidine rings is 1. The maximum Gasteiger partial charge on any atom is 0.246 e. The molecular weight excluding hydrogens is 496 g/mol. The number of rotatable bonds is 9. The largest absolute Gasteiger partial charge is 0.361 e. The monoisotopic (exact) mass is 534 g/mol. The van der Waals surface area contributed by atoms with Crippen molar-refractivity contribution in [3.05, 3.63) is 108 Å². The molecule has 2 amide bonds. The summed E-state index contributed by atoms with van der Waals surface area (Å²) in [6.45, 7) is 3.21. The van der Waals surface area contributed by atoms with Gasteiger partial charge in [0, 0.05) is 43.2 Å². The number of para-hydroxylation sites is 1. The summed E-state index contributed by atoms with van der Waals surface area (Å²) in [5.41, 5.74) is 3.87. The zero-order valence-electron chi connectivity index (χ0n) is 23.0. The Hall–Kier alpha value is -3.90. The van der Waals surface area contributed by atoms with Crippen molar-refractivity contribution in [1.29, 1.82) is 0 Å². The van der Waals surface area contributed by atoms with Gasteiger partial charge in [0.15, 0.2) is 0 Å². The number of nitrogens with one attached hydrogen (secondary N) is 2. The molecule has 0 radical (unpaired) electrons. The predicted molar refractivity (Wildman–Crippen MR) is 159 cm³/mol. The summed E-state index contributed by atoms with van der Waals surface area (Å²) < 4.78 is 0. The number of carbonyl (C=O) groups is 2. The number of hydrogen-bond donors (Lipinski definition) is 2. The van der Waals surface area contributed by atoms with Gasteiger partial charge in [-0.05, 0) is 61.4 Å². The van der Waals surface area contributed by atoms with Crippen LogP contribution in [0.2, 0.25) is 0 Å². The Morgan fingerprint density at radius 1 is 0.775 bits per heavy atom. The van der Waals surface area contributed by atoms with Crippen molar-refractivity contribution in [2.75, 3.05) is 26.2 Å². The number of aromatic nitrogens is 1. The van der Waals surface area contributed by atoms with Crippen molar-refractivity contribution >= 4 is 22.7 Å². The first kappa shape index (κ1) is 26.3. The third kappa shape index (κ3) is 5.41. The molecule has 0 aliphatic carbocycles. The van der Waals surface area contributed by atoms with Gasteiger partial charge in [-0.2, -0.15) is 0 Å². The van der Waals surface area contributed by atoms with E-state index in [-0.39, 0.29) is 11.8 Å². The number of aromatic amines is 1. The summed E-state index contributed by atoms with van der Waals surface area (Å²) in [5, 5.41) is 4.28. The molecule has 2 fully saturated rings. The van der Waals surface area contributed by atoms with Crippen molar-refractivity contribution in [2.24, 2.45) is 0 Å². The average Bonchev–Trinajstić information content (AvgIpc) is 3.40. The minimum atomic E-state index is -0.779. The molecule has 3 aromatic carbocycles. The zero-order valence-corrected chi connectivity index (χ0v) is 23.0. The molecule has 1 atom stereocenters. The van der Waals surface area contributed by atoms with E-state index in [9.17, 15) is 9.59 Å². The lowest BCUT2D eigenvalue weighted by molar-refractivity contribution is -0.161. The number of benzene rings is 3. The Balaban J connectivity index is 1.17. The standard InChI is InChI=1S/C34H38N4O2/c39-32-31(24-28-25-35-30-16-8-7-15-29(28)30)36-33(40)34(38(32)21-17-27-12-5-2-6-13-27)18-22-37(23-19-34)20-9-14-26-10-3-1-4-11-26/h1-8,10-13,15-16,25,31,35H,9,14,17-24H2,(H,36,40). The Morgan fingerprint density at radius 2 is 1.43 bits per heavy atom. The Bertz CT molecular complexity index is 1440. The summed E-state index contributed by atoms with van der Waals surface area (Å²) in [6.07, 6.45) is 6.68. The topological polar surface area (TPSA) is 68.4 Å². The SMILES string of the molecule is O=C1C(Cc2c[nH]c3ccccc23)NC(=O)C2(CCN(CCCc3ccccc3)CC2)N1CCc1ccccc1. The van der Waals surface area contributed by atoms with E-state index in [0.29, 0.717) is 25.8 Å². The van der Waals surface area contributed by atoms with E-state index in [1.807, 2.05) is 47.5 Å². The second-order valence-corrected chi connectivity index (χ2v) is 11.3. The van der Waals surface area contributed by atoms with Gasteiger partial charge >= 0.3 is 0 Å². The number of carbonyl (C=O) groups excluding carboxylic acids is 2. The number of piperazine rings is 1. The van der Waals surface area contributed by atoms with Gasteiger partial charge in [0.1, 0.15) is 11.6 Å². The fraction of sp³-hybridized carbons (Fsp3) is 0.353. The van der Waals surface area contributed by atoms with Crippen LogP contribution in [0.3, 0.4) is 0 Å². The first-order chi connectivity index (χ1) is 19.6. The van der Waals surface area contributed by atoms with Crippen LogP contribution in [0.25, 0.3) is 10.9 Å². The lowest BCUT2D eigenvalue weighted by Gasteiger charge is -2.51. The van der Waals surface area contributed by atoms with E-state index in [0.717, 1.165) is 55.4 Å². The van der Waals surface area contributed by atoms with Gasteiger partial charge in [0.25, 0.3) is 0 Å². The van der Waals surface area contributed by atoms with Crippen molar-refractivity contribution in [1.82, 2.24) is 20.1 Å². The van der Waals surface area contributed by atoms with Crippen LogP contribution in [0.5, 0.6) is 0 Å². The lowest BCUT2D eigenvalue weighted by atomic mass is 9.80. The molecule has 3 heterocycles. The highest BCUT2D eigenvalue weighted by atomic mass is 16.2. The lowest BCUT2D eigenvalue weighted by Crippen LogP contribution is -2.73. The number of likely N-dealkylation sites (tertiary alicyclic amines) is 1. The molecule has 0 saturated carbocycles. The van der Waals surface area contributed by atoms with E-state index in [1.54, 1.807) is 0 Å². The van der Waals surface area contributed by atoms with Gasteiger partial charge in [-0.3, -0.25) is 9.59 Å². The molecule has 2 saturated heterocycles. The molecule has 0 bridgehead atoms. The molecule has 2 aliphatic rings. The van der Waals surface area contributed by atoms with Gasteiger partial charge in [-0.1, -0.05) is 78.9 Å². The molecule has 6 nitrogen and oxygen atoms in total. The van der Waals surface area contributed by atoms with E-state index in [1.165, 1.54) is 11.1 Å². The van der Waals surface area contributed by atoms with Crippen LogP contribution in [0.4, 0.5) is 0 Å². The molecule has 6 rings (SSSR count). The summed E-state index contributed by atoms with van der Waals surface area (Å²) in [4.78, 5) is 35.8. The van der Waals surface area contributed by atoms with Crippen LogP contribution in [0.1, 0.15) is 36.0 Å². The summed E-state index contributed by atoms with van der Waals surface area (Å²) in [7, 11) is 0. The molecule has 2 aliphatic heterocycles. The fourth-order valence-electron chi connectivity index (χ4n) is 6.54. The highest BCUT2D eigenvalue weighted by Gasteiger charge is 2.53. The van der Waals surface area contributed by atoms with Crippen LogP contribution < -0.4 is 5.32 Å². The first-order valence-corrected chi connectivity index (χ1v) is 14.6. The molecule has 4 aromatic rings. The zero-order chi connectivity index (χ0) is 27.4. The number of aryl methyl sites for hydroxylation is 1. The normalized spacial score (nSPS) is 19.3. The molecule has 1 unspecified atom stereocenters. The fourth-order valence-corrected chi connectivity index (χ4v) is 6.54. The number of nitrogens with zero attached hydrogens (tertiary/aromatic N) is 2. The van der Waals surface area contributed by atoms with Crippen molar-refractivity contribution in [3.8, 4) is 0 Å². The highest BCUT2D eigenvalue weighted by molar-refractivity contribution is 6.00. The Morgan fingerprint density at radius 3 is 2.15 bits per heavy atom. The second kappa shape index (κ2) is 11.7. The number of H-pyrrole nitrogens is 1.